The van der Waals surface area contributed by atoms with Gasteiger partial charge in [-0.2, -0.15) is 0 Å². The summed E-state index contributed by atoms with van der Waals surface area (Å²) in [6, 6.07) is 45.3. The van der Waals surface area contributed by atoms with Crippen molar-refractivity contribution >= 4 is 67.7 Å². The van der Waals surface area contributed by atoms with Crippen LogP contribution in [-0.4, -0.2) is 46.0 Å². The van der Waals surface area contributed by atoms with Crippen molar-refractivity contribution in [3.8, 4) is 39.9 Å². The quantitative estimate of drug-likeness (QED) is 0.0380. The van der Waals surface area contributed by atoms with Crippen molar-refractivity contribution in [3.63, 3.8) is 0 Å². The number of aromatic hydroxyl groups is 5. The summed E-state index contributed by atoms with van der Waals surface area (Å²) in [6.45, 7) is 8.81. The highest BCUT2D eigenvalue weighted by atomic mass is 16.4. The lowest BCUT2D eigenvalue weighted by molar-refractivity contribution is 0.323. The summed E-state index contributed by atoms with van der Waals surface area (Å²) in [5.41, 5.74) is 9.84. The molecule has 9 aromatic rings. The second-order valence-corrected chi connectivity index (χ2v) is 12.9. The standard InChI is InChI=1S/C38H26O6.C7H8.CH5N.2CH3N/c1-19(32-34(39)36(41)38(43)37(42)35(32)40)20-14-16-30-29(17-20)33-22(11-6-12-31(33)44-30)21-13-15-27-25-9-3-2-7-23(25)24-8-4-5-10-26(24)28(27)18-21;1-7-5-3-2-4-6-7;3*1-2/h2-19,39-43H,1H3;2-6H,1H3;2H2,1H3;2*2H,1H2. The molecule has 0 bridgehead atoms. The molecule has 1 atom stereocenters. The minimum absolute atomic E-state index is 0.0983. The Bertz CT molecular complexity index is 2770. The van der Waals surface area contributed by atoms with E-state index in [1.807, 2.05) is 48.5 Å². The van der Waals surface area contributed by atoms with Crippen LogP contribution in [0.25, 0.3) is 65.4 Å². The van der Waals surface area contributed by atoms with Crippen LogP contribution in [0.2, 0.25) is 0 Å². The number of benzene rings is 8. The van der Waals surface area contributed by atoms with Gasteiger partial charge in [-0.1, -0.05) is 122 Å². The highest BCUT2D eigenvalue weighted by Gasteiger charge is 2.28. The maximum absolute atomic E-state index is 10.6. The van der Waals surface area contributed by atoms with Gasteiger partial charge in [-0.15, -0.1) is 0 Å². The average Bonchev–Trinajstić information content (AvgIpc) is 3.66. The normalized spacial score (nSPS) is 11.0. The van der Waals surface area contributed by atoms with Gasteiger partial charge in [0.2, 0.25) is 17.2 Å². The second kappa shape index (κ2) is 17.9. The summed E-state index contributed by atoms with van der Waals surface area (Å²) in [5.74, 6) is -4.81. The van der Waals surface area contributed by atoms with E-state index in [1.54, 1.807) is 6.92 Å². The summed E-state index contributed by atoms with van der Waals surface area (Å²) in [5, 5.41) is 71.2. The molecule has 0 saturated carbocycles. The summed E-state index contributed by atoms with van der Waals surface area (Å²) < 4.78 is 6.26. The maximum Gasteiger partial charge on any atom is 0.208 e. The summed E-state index contributed by atoms with van der Waals surface area (Å²) in [4.78, 5) is 0. The van der Waals surface area contributed by atoms with E-state index < -0.39 is 34.7 Å². The third-order valence-electron chi connectivity index (χ3n) is 9.86. The molecule has 9 nitrogen and oxygen atoms in total. The molecule has 1 heterocycles. The molecule has 0 saturated heterocycles. The molecule has 57 heavy (non-hydrogen) atoms. The molecule has 0 aliphatic rings. The Labute approximate surface area is 330 Å². The minimum Gasteiger partial charge on any atom is -0.504 e. The minimum atomic E-state index is -0.979. The van der Waals surface area contributed by atoms with E-state index in [2.05, 4.69) is 111 Å². The van der Waals surface area contributed by atoms with Gasteiger partial charge in [-0.25, -0.2) is 0 Å². The molecule has 0 amide bonds. The van der Waals surface area contributed by atoms with Crippen molar-refractivity contribution in [2.75, 3.05) is 7.05 Å². The molecule has 0 fully saturated rings. The number of rotatable bonds is 3. The van der Waals surface area contributed by atoms with Crippen LogP contribution in [0.3, 0.4) is 0 Å². The van der Waals surface area contributed by atoms with E-state index in [0.717, 1.165) is 32.9 Å². The first kappa shape index (κ1) is 40.8. The highest BCUT2D eigenvalue weighted by molar-refractivity contribution is 6.26. The Kier molecular flexibility index (Phi) is 12.8. The topological polar surface area (TPSA) is 188 Å². The first-order chi connectivity index (χ1) is 27.7. The lowest BCUT2D eigenvalue weighted by Crippen LogP contribution is -1.98. The number of fused-ring (bicyclic) bond motifs is 9. The zero-order valence-electron chi connectivity index (χ0n) is 31.9. The first-order valence-electron chi connectivity index (χ1n) is 18.0. The predicted molar refractivity (Wildman–Crippen MR) is 235 cm³/mol. The van der Waals surface area contributed by atoms with Crippen LogP contribution >= 0.6 is 0 Å². The van der Waals surface area contributed by atoms with Crippen LogP contribution in [0.4, 0.5) is 0 Å². The highest BCUT2D eigenvalue weighted by Crippen LogP contribution is 2.54. The Morgan fingerprint density at radius 2 is 0.982 bits per heavy atom. The molecule has 9 N–H and O–H groups in total. The van der Waals surface area contributed by atoms with Crippen LogP contribution in [-0.2, 0) is 0 Å². The van der Waals surface area contributed by atoms with Crippen LogP contribution < -0.4 is 5.73 Å². The molecule has 0 aliphatic carbocycles. The van der Waals surface area contributed by atoms with Gasteiger partial charge >= 0.3 is 0 Å². The van der Waals surface area contributed by atoms with Crippen LogP contribution in [0, 0.1) is 17.7 Å². The Balaban J connectivity index is 0.000000419. The van der Waals surface area contributed by atoms with E-state index in [1.165, 1.54) is 39.5 Å². The Morgan fingerprint density at radius 3 is 1.51 bits per heavy atom. The molecule has 288 valence electrons. The van der Waals surface area contributed by atoms with Crippen LogP contribution in [0.1, 0.15) is 29.5 Å². The third-order valence-corrected chi connectivity index (χ3v) is 9.86. The van der Waals surface area contributed by atoms with Gasteiger partial charge in [0, 0.05) is 16.7 Å². The number of hydrogen-bond acceptors (Lipinski definition) is 9. The number of nitrogens with one attached hydrogen (secondary N) is 2. The summed E-state index contributed by atoms with van der Waals surface area (Å²) in [7, 11) is 1.50. The van der Waals surface area contributed by atoms with Gasteiger partial charge in [0.05, 0.1) is 5.56 Å². The fourth-order valence-corrected chi connectivity index (χ4v) is 7.24. The zero-order chi connectivity index (χ0) is 41.4. The van der Waals surface area contributed by atoms with Gasteiger partial charge < -0.3 is 46.5 Å². The number of aryl methyl sites for hydroxylation is 1. The van der Waals surface area contributed by atoms with Crippen molar-refractivity contribution in [1.29, 1.82) is 10.8 Å². The molecule has 1 aromatic heterocycles. The van der Waals surface area contributed by atoms with Crippen LogP contribution in [0.5, 0.6) is 28.7 Å². The summed E-state index contributed by atoms with van der Waals surface area (Å²) >= 11 is 0. The SMILES string of the molecule is C=N.C=N.CC(c1ccc2oc3cccc(-c4ccc5c6ccccc6c6ccccc6c5c4)c3c2c1)c1c(O)c(O)c(O)c(O)c1O.CN.Cc1ccccc1. The largest absolute Gasteiger partial charge is 0.504 e. The van der Waals surface area contributed by atoms with Gasteiger partial charge in [0.1, 0.15) is 11.2 Å². The van der Waals surface area contributed by atoms with E-state index in [-0.39, 0.29) is 5.56 Å². The monoisotopic (exact) mass is 759 g/mol. The molecule has 9 heteroatoms. The molecule has 9 rings (SSSR count). The molecule has 0 radical (unpaired) electrons. The van der Waals surface area contributed by atoms with Gasteiger partial charge in [0.15, 0.2) is 11.5 Å². The summed E-state index contributed by atoms with van der Waals surface area (Å²) in [6.07, 6.45) is 0. The zero-order valence-corrected chi connectivity index (χ0v) is 31.9. The molecular formula is C48H45N3O6. The van der Waals surface area contributed by atoms with Crippen molar-refractivity contribution in [2.24, 2.45) is 5.73 Å². The van der Waals surface area contributed by atoms with E-state index in [0.29, 0.717) is 11.1 Å². The molecular weight excluding hydrogens is 715 g/mol. The van der Waals surface area contributed by atoms with Crippen molar-refractivity contribution in [2.45, 2.75) is 19.8 Å². The predicted octanol–water partition coefficient (Wildman–Crippen LogP) is 11.5. The fraction of sp³-hybridized carbons (Fsp3) is 0.0833. The number of phenolic OH excluding ortho intramolecular Hbond substituents is 5. The smallest absolute Gasteiger partial charge is 0.208 e. The Morgan fingerprint density at radius 1 is 0.491 bits per heavy atom. The van der Waals surface area contributed by atoms with E-state index in [4.69, 9.17) is 15.2 Å². The number of nitrogens with two attached hydrogens (primary N) is 1. The maximum atomic E-state index is 10.6. The van der Waals surface area contributed by atoms with Gasteiger partial charge in [-0.3, -0.25) is 0 Å². The first-order valence-corrected chi connectivity index (χ1v) is 18.0. The van der Waals surface area contributed by atoms with Crippen molar-refractivity contribution in [1.82, 2.24) is 0 Å². The molecule has 0 spiro atoms. The Hall–Kier alpha value is -7.36. The number of furan rings is 1. The van der Waals surface area contributed by atoms with E-state index >= 15 is 0 Å². The molecule has 1 unspecified atom stereocenters. The molecule has 8 aromatic carbocycles. The number of hydrogen-bond donors (Lipinski definition) is 8. The molecule has 0 aliphatic heterocycles. The third kappa shape index (κ3) is 7.52. The van der Waals surface area contributed by atoms with Crippen molar-refractivity contribution in [3.05, 3.63) is 150 Å². The lowest BCUT2D eigenvalue weighted by atomic mass is 9.89. The fourth-order valence-electron chi connectivity index (χ4n) is 7.24. The van der Waals surface area contributed by atoms with Crippen molar-refractivity contribution < 1.29 is 29.9 Å². The van der Waals surface area contributed by atoms with Crippen LogP contribution in [0.15, 0.2) is 138 Å². The average molecular weight is 760 g/mol. The van der Waals surface area contributed by atoms with Gasteiger partial charge in [-0.05, 0) is 101 Å². The van der Waals surface area contributed by atoms with Gasteiger partial charge in [0.25, 0.3) is 0 Å². The van der Waals surface area contributed by atoms with E-state index in [9.17, 15) is 25.5 Å². The number of phenols is 5. The lowest BCUT2D eigenvalue weighted by Gasteiger charge is -2.18. The second-order valence-electron chi connectivity index (χ2n) is 12.9.